The Kier molecular flexibility index (Phi) is 5.26. The van der Waals surface area contributed by atoms with Crippen LogP contribution < -0.4 is 10.2 Å². The highest BCUT2D eigenvalue weighted by atomic mass is 35.5. The van der Waals surface area contributed by atoms with Crippen LogP contribution in [0.3, 0.4) is 0 Å². The number of aromatic nitrogens is 2. The third-order valence-corrected chi connectivity index (χ3v) is 3.88. The van der Waals surface area contributed by atoms with Crippen LogP contribution in [0.1, 0.15) is 17.3 Å². The molecule has 6 heteroatoms. The maximum atomic E-state index is 12.7. The Morgan fingerprint density at radius 1 is 1.04 bits per heavy atom. The largest absolute Gasteiger partial charge is 0.324 e. The van der Waals surface area contributed by atoms with Gasteiger partial charge in [-0.15, -0.1) is 0 Å². The number of anilines is 3. The van der Waals surface area contributed by atoms with Gasteiger partial charge in [-0.1, -0.05) is 29.8 Å². The van der Waals surface area contributed by atoms with Crippen molar-refractivity contribution < 1.29 is 4.79 Å². The molecule has 0 radical (unpaired) electrons. The van der Waals surface area contributed by atoms with Crippen LogP contribution in [0.15, 0.2) is 67.0 Å². The highest BCUT2D eigenvalue weighted by Gasteiger charge is 2.16. The lowest BCUT2D eigenvalue weighted by atomic mass is 10.2. The molecule has 2 aromatic carbocycles. The second-order valence-electron chi connectivity index (χ2n) is 5.31. The zero-order chi connectivity index (χ0) is 17.6. The second-order valence-corrected chi connectivity index (χ2v) is 5.75. The fourth-order valence-corrected chi connectivity index (χ4v) is 2.50. The number of rotatable bonds is 5. The van der Waals surface area contributed by atoms with E-state index in [0.717, 1.165) is 11.4 Å². The summed E-state index contributed by atoms with van der Waals surface area (Å²) in [5, 5.41) is 3.73. The fourth-order valence-electron chi connectivity index (χ4n) is 2.37. The minimum atomic E-state index is -0.133. The van der Waals surface area contributed by atoms with E-state index in [1.54, 1.807) is 17.0 Å². The van der Waals surface area contributed by atoms with E-state index in [1.165, 1.54) is 12.4 Å². The number of carbonyl (C=O) groups excluding carboxylic acids is 1. The highest BCUT2D eigenvalue weighted by Crippen LogP contribution is 2.18. The number of hydrogen-bond acceptors (Lipinski definition) is 4. The Balaban J connectivity index is 1.74. The van der Waals surface area contributed by atoms with E-state index in [1.807, 2.05) is 49.4 Å². The Bertz CT molecular complexity index is 836. The fraction of sp³-hybridized carbons (Fsp3) is 0.105. The third kappa shape index (κ3) is 4.14. The molecule has 3 aromatic rings. The lowest BCUT2D eigenvalue weighted by Crippen LogP contribution is -2.30. The summed E-state index contributed by atoms with van der Waals surface area (Å²) in [4.78, 5) is 22.8. The maximum absolute atomic E-state index is 12.7. The van der Waals surface area contributed by atoms with E-state index in [4.69, 9.17) is 11.6 Å². The van der Waals surface area contributed by atoms with Crippen LogP contribution in [0.25, 0.3) is 0 Å². The van der Waals surface area contributed by atoms with Gasteiger partial charge >= 0.3 is 0 Å². The number of carbonyl (C=O) groups is 1. The Labute approximate surface area is 151 Å². The van der Waals surface area contributed by atoms with E-state index in [0.29, 0.717) is 23.1 Å². The summed E-state index contributed by atoms with van der Waals surface area (Å²) in [6, 6.07) is 16.8. The number of halogens is 1. The van der Waals surface area contributed by atoms with Crippen LogP contribution in [-0.2, 0) is 0 Å². The average Bonchev–Trinajstić information content (AvgIpc) is 2.66. The molecule has 0 saturated heterocycles. The summed E-state index contributed by atoms with van der Waals surface area (Å²) < 4.78 is 0. The molecule has 0 bridgehead atoms. The molecular weight excluding hydrogens is 336 g/mol. The lowest BCUT2D eigenvalue weighted by molar-refractivity contribution is 0.0987. The van der Waals surface area contributed by atoms with Crippen molar-refractivity contribution in [3.63, 3.8) is 0 Å². The summed E-state index contributed by atoms with van der Waals surface area (Å²) in [5.41, 5.74) is 2.11. The second kappa shape index (κ2) is 7.77. The van der Waals surface area contributed by atoms with Crippen molar-refractivity contribution in [2.24, 2.45) is 0 Å². The molecule has 1 N–H and O–H groups in total. The number of benzene rings is 2. The molecule has 25 heavy (non-hydrogen) atoms. The summed E-state index contributed by atoms with van der Waals surface area (Å²) in [6.07, 6.45) is 3.05. The smallest absolute Gasteiger partial charge is 0.261 e. The van der Waals surface area contributed by atoms with Gasteiger partial charge in [0.05, 0.1) is 5.56 Å². The van der Waals surface area contributed by atoms with Gasteiger partial charge in [0, 0.05) is 35.3 Å². The first-order valence-electron chi connectivity index (χ1n) is 7.89. The molecule has 126 valence electrons. The molecule has 0 aliphatic heterocycles. The Hall–Kier alpha value is -2.92. The van der Waals surface area contributed by atoms with Gasteiger partial charge in [0.15, 0.2) is 0 Å². The predicted octanol–water partition coefficient (Wildman–Crippen LogP) is 4.54. The van der Waals surface area contributed by atoms with Crippen molar-refractivity contribution >= 4 is 34.8 Å². The molecular formula is C19H17ClN4O. The molecule has 3 rings (SSSR count). The molecule has 5 nitrogen and oxygen atoms in total. The summed E-state index contributed by atoms with van der Waals surface area (Å²) in [7, 11) is 0. The molecule has 0 spiro atoms. The predicted molar refractivity (Wildman–Crippen MR) is 101 cm³/mol. The first-order chi connectivity index (χ1) is 12.2. The van der Waals surface area contributed by atoms with E-state index >= 15 is 0 Å². The molecule has 1 amide bonds. The minimum Gasteiger partial charge on any atom is -0.324 e. The van der Waals surface area contributed by atoms with Gasteiger partial charge in [0.25, 0.3) is 5.91 Å². The van der Waals surface area contributed by atoms with Crippen LogP contribution in [0.4, 0.5) is 17.3 Å². The number of hydrogen-bond donors (Lipinski definition) is 1. The summed E-state index contributed by atoms with van der Waals surface area (Å²) in [5.74, 6) is 0.286. The van der Waals surface area contributed by atoms with Gasteiger partial charge in [-0.3, -0.25) is 4.79 Å². The Morgan fingerprint density at radius 2 is 1.68 bits per heavy atom. The standard InChI is InChI=1S/C19H17ClN4O/c1-2-24(17-6-4-3-5-7-17)18(25)14-12-21-19(22-13-14)23-16-10-8-15(20)9-11-16/h3-13H,2H2,1H3,(H,21,22,23). The van der Waals surface area contributed by atoms with E-state index in [2.05, 4.69) is 15.3 Å². The van der Waals surface area contributed by atoms with Gasteiger partial charge in [-0.2, -0.15) is 0 Å². The minimum absolute atomic E-state index is 0.133. The van der Waals surface area contributed by atoms with Gasteiger partial charge in [0.2, 0.25) is 5.95 Å². The van der Waals surface area contributed by atoms with Crippen molar-refractivity contribution in [2.45, 2.75) is 6.92 Å². The Morgan fingerprint density at radius 3 is 2.28 bits per heavy atom. The number of para-hydroxylation sites is 1. The SMILES string of the molecule is CCN(C(=O)c1cnc(Nc2ccc(Cl)cc2)nc1)c1ccccc1. The molecule has 1 aromatic heterocycles. The molecule has 0 unspecified atom stereocenters. The van der Waals surface area contributed by atoms with Gasteiger partial charge in [-0.25, -0.2) is 9.97 Å². The molecule has 0 aliphatic carbocycles. The van der Waals surface area contributed by atoms with Crippen molar-refractivity contribution in [3.8, 4) is 0 Å². The first kappa shape index (κ1) is 16.9. The molecule has 0 fully saturated rings. The summed E-state index contributed by atoms with van der Waals surface area (Å²) >= 11 is 5.86. The van der Waals surface area contributed by atoms with Crippen LogP contribution in [0.5, 0.6) is 0 Å². The monoisotopic (exact) mass is 352 g/mol. The van der Waals surface area contributed by atoms with E-state index in [9.17, 15) is 4.79 Å². The zero-order valence-electron chi connectivity index (χ0n) is 13.7. The van der Waals surface area contributed by atoms with Crippen LogP contribution in [-0.4, -0.2) is 22.4 Å². The number of amides is 1. The quantitative estimate of drug-likeness (QED) is 0.732. The van der Waals surface area contributed by atoms with Gasteiger partial charge < -0.3 is 10.2 Å². The topological polar surface area (TPSA) is 58.1 Å². The molecule has 0 atom stereocenters. The van der Waals surface area contributed by atoms with Crippen LogP contribution >= 0.6 is 11.6 Å². The molecule has 1 heterocycles. The van der Waals surface area contributed by atoms with E-state index < -0.39 is 0 Å². The molecule has 0 saturated carbocycles. The van der Waals surface area contributed by atoms with Crippen LogP contribution in [0.2, 0.25) is 5.02 Å². The highest BCUT2D eigenvalue weighted by molar-refractivity contribution is 6.30. The van der Waals surface area contributed by atoms with Crippen LogP contribution in [0, 0.1) is 0 Å². The van der Waals surface area contributed by atoms with Crippen molar-refractivity contribution in [3.05, 3.63) is 77.6 Å². The maximum Gasteiger partial charge on any atom is 0.261 e. The third-order valence-electron chi connectivity index (χ3n) is 3.63. The summed E-state index contributed by atoms with van der Waals surface area (Å²) in [6.45, 7) is 2.50. The van der Waals surface area contributed by atoms with E-state index in [-0.39, 0.29) is 5.91 Å². The van der Waals surface area contributed by atoms with Crippen molar-refractivity contribution in [1.29, 1.82) is 0 Å². The molecule has 0 aliphatic rings. The lowest BCUT2D eigenvalue weighted by Gasteiger charge is -2.20. The van der Waals surface area contributed by atoms with Crippen molar-refractivity contribution in [1.82, 2.24) is 9.97 Å². The number of nitrogens with zero attached hydrogens (tertiary/aromatic N) is 3. The van der Waals surface area contributed by atoms with Crippen molar-refractivity contribution in [2.75, 3.05) is 16.8 Å². The average molecular weight is 353 g/mol. The normalized spacial score (nSPS) is 10.3. The number of nitrogens with one attached hydrogen (secondary N) is 1. The van der Waals surface area contributed by atoms with Gasteiger partial charge in [0.1, 0.15) is 0 Å². The van der Waals surface area contributed by atoms with Gasteiger partial charge in [-0.05, 0) is 43.3 Å². The zero-order valence-corrected chi connectivity index (χ0v) is 14.4. The first-order valence-corrected chi connectivity index (χ1v) is 8.26.